The molecule has 1 rings (SSSR count). The van der Waals surface area contributed by atoms with Crippen LogP contribution in [0.15, 0.2) is 6.07 Å². The maximum atomic E-state index is 11.2. The number of aryl methyl sites for hydroxylation is 1. The molecule has 0 spiro atoms. The normalized spacial score (nSPS) is 10.3. The summed E-state index contributed by atoms with van der Waals surface area (Å²) in [6, 6.07) is 1.27. The molecule has 0 aliphatic carbocycles. The fourth-order valence-corrected chi connectivity index (χ4v) is 2.12. The van der Waals surface area contributed by atoms with Crippen LogP contribution in [0.1, 0.15) is 19.4 Å². The lowest BCUT2D eigenvalue weighted by Gasteiger charge is -2.21. The lowest BCUT2D eigenvalue weighted by Crippen LogP contribution is -2.24. The number of halogens is 1. The van der Waals surface area contributed by atoms with Crippen molar-refractivity contribution in [2.24, 2.45) is 0 Å². The molecule has 0 radical (unpaired) electrons. The lowest BCUT2D eigenvalue weighted by atomic mass is 10.1. The Morgan fingerprint density at radius 3 is 2.11 bits per heavy atom. The van der Waals surface area contributed by atoms with E-state index in [0.29, 0.717) is 18.7 Å². The fraction of sp³-hybridized carbons (Fsp3) is 0.455. The van der Waals surface area contributed by atoms with Gasteiger partial charge in [-0.1, -0.05) is 11.6 Å². The Bertz CT molecular complexity index is 529. The van der Waals surface area contributed by atoms with Crippen molar-refractivity contribution in [3.63, 3.8) is 0 Å². The van der Waals surface area contributed by atoms with Crippen molar-refractivity contribution in [3.8, 4) is 0 Å². The van der Waals surface area contributed by atoms with Crippen molar-refractivity contribution < 1.29 is 9.85 Å². The number of hydrogen-bond donors (Lipinski definition) is 0. The van der Waals surface area contributed by atoms with E-state index in [2.05, 4.69) is 0 Å². The summed E-state index contributed by atoms with van der Waals surface area (Å²) in [7, 11) is 0. The maximum absolute atomic E-state index is 11.2. The van der Waals surface area contributed by atoms with Gasteiger partial charge in [-0.05, 0) is 26.3 Å². The van der Waals surface area contributed by atoms with E-state index >= 15 is 0 Å². The van der Waals surface area contributed by atoms with E-state index in [9.17, 15) is 20.2 Å². The van der Waals surface area contributed by atoms with Gasteiger partial charge in [0.25, 0.3) is 5.69 Å². The van der Waals surface area contributed by atoms with Crippen LogP contribution < -0.4 is 4.90 Å². The van der Waals surface area contributed by atoms with E-state index in [1.54, 1.807) is 18.7 Å². The highest BCUT2D eigenvalue weighted by molar-refractivity contribution is 6.34. The molecule has 1 aromatic rings. The van der Waals surface area contributed by atoms with E-state index in [0.717, 1.165) is 0 Å². The molecule has 0 atom stereocenters. The summed E-state index contributed by atoms with van der Waals surface area (Å²) >= 11 is 5.94. The van der Waals surface area contributed by atoms with Gasteiger partial charge in [0.05, 0.1) is 9.85 Å². The van der Waals surface area contributed by atoms with Crippen LogP contribution >= 0.6 is 11.6 Å². The van der Waals surface area contributed by atoms with Crippen molar-refractivity contribution in [2.75, 3.05) is 18.0 Å². The Hall–Kier alpha value is -1.89. The first-order chi connectivity index (χ1) is 8.84. The molecule has 19 heavy (non-hydrogen) atoms. The van der Waals surface area contributed by atoms with Crippen LogP contribution in [0.25, 0.3) is 0 Å². The van der Waals surface area contributed by atoms with Gasteiger partial charge in [0.15, 0.2) is 5.69 Å². The van der Waals surface area contributed by atoms with Crippen LogP contribution in [0.4, 0.5) is 17.1 Å². The van der Waals surface area contributed by atoms with Crippen molar-refractivity contribution in [2.45, 2.75) is 20.8 Å². The number of nitro groups is 2. The molecular weight excluding hydrogens is 274 g/mol. The molecular formula is C11H14ClN3O4. The largest absolute Gasteiger partial charge is 0.361 e. The third kappa shape index (κ3) is 2.76. The Morgan fingerprint density at radius 2 is 1.74 bits per heavy atom. The van der Waals surface area contributed by atoms with Crippen LogP contribution in [0.3, 0.4) is 0 Å². The first kappa shape index (κ1) is 15.2. The number of hydrogen-bond acceptors (Lipinski definition) is 5. The summed E-state index contributed by atoms with van der Waals surface area (Å²) in [5, 5.41) is 22.2. The Balaban J connectivity index is 3.75. The highest BCUT2D eigenvalue weighted by atomic mass is 35.5. The predicted octanol–water partition coefficient (Wildman–Crippen LogP) is 3.31. The molecule has 8 heteroatoms. The molecule has 0 amide bonds. The lowest BCUT2D eigenvalue weighted by molar-refractivity contribution is -0.392. The van der Waals surface area contributed by atoms with E-state index in [1.807, 2.05) is 0 Å². The highest BCUT2D eigenvalue weighted by Crippen LogP contribution is 2.44. The second kappa shape index (κ2) is 5.83. The van der Waals surface area contributed by atoms with Gasteiger partial charge in [-0.2, -0.15) is 0 Å². The van der Waals surface area contributed by atoms with Crippen molar-refractivity contribution in [1.29, 1.82) is 0 Å². The van der Waals surface area contributed by atoms with E-state index in [-0.39, 0.29) is 16.4 Å². The molecule has 104 valence electrons. The molecule has 0 unspecified atom stereocenters. The Morgan fingerprint density at radius 1 is 1.21 bits per heavy atom. The van der Waals surface area contributed by atoms with Crippen molar-refractivity contribution >= 4 is 28.7 Å². The summed E-state index contributed by atoms with van der Waals surface area (Å²) < 4.78 is 0. The SMILES string of the molecule is CCN(CC)c1c([N+](=O)[O-])cc(C)c(Cl)c1[N+](=O)[O-]. The zero-order valence-corrected chi connectivity index (χ0v) is 11.6. The number of benzene rings is 1. The van der Waals surface area contributed by atoms with Crippen LogP contribution in [-0.2, 0) is 0 Å². The fourth-order valence-electron chi connectivity index (χ4n) is 1.91. The Kier molecular flexibility index (Phi) is 4.66. The predicted molar refractivity (Wildman–Crippen MR) is 73.1 cm³/mol. The number of nitro benzene ring substituents is 2. The molecule has 0 aromatic heterocycles. The van der Waals surface area contributed by atoms with Crippen molar-refractivity contribution in [1.82, 2.24) is 0 Å². The van der Waals surface area contributed by atoms with Crippen LogP contribution in [0.5, 0.6) is 0 Å². The van der Waals surface area contributed by atoms with Gasteiger partial charge in [-0.15, -0.1) is 0 Å². The molecule has 0 fully saturated rings. The summed E-state index contributed by atoms with van der Waals surface area (Å²) in [4.78, 5) is 22.6. The monoisotopic (exact) mass is 287 g/mol. The van der Waals surface area contributed by atoms with Gasteiger partial charge >= 0.3 is 5.69 Å². The highest BCUT2D eigenvalue weighted by Gasteiger charge is 2.33. The molecule has 0 aliphatic heterocycles. The van der Waals surface area contributed by atoms with Gasteiger partial charge in [-0.3, -0.25) is 20.2 Å². The quantitative estimate of drug-likeness (QED) is 0.612. The minimum Gasteiger partial charge on any atom is -0.361 e. The molecule has 0 saturated carbocycles. The zero-order chi connectivity index (χ0) is 14.7. The summed E-state index contributed by atoms with van der Waals surface area (Å²) in [6.07, 6.45) is 0. The molecule has 1 aromatic carbocycles. The van der Waals surface area contributed by atoms with Crippen LogP contribution in [-0.4, -0.2) is 22.9 Å². The molecule has 0 aliphatic rings. The zero-order valence-electron chi connectivity index (χ0n) is 10.8. The van der Waals surface area contributed by atoms with E-state index in [1.165, 1.54) is 13.0 Å². The second-order valence-electron chi connectivity index (χ2n) is 3.91. The first-order valence-electron chi connectivity index (χ1n) is 5.71. The minimum atomic E-state index is -0.671. The molecule has 7 nitrogen and oxygen atoms in total. The number of nitrogens with zero attached hydrogens (tertiary/aromatic N) is 3. The van der Waals surface area contributed by atoms with Crippen LogP contribution in [0, 0.1) is 27.2 Å². The third-order valence-electron chi connectivity index (χ3n) is 2.83. The maximum Gasteiger partial charge on any atom is 0.318 e. The number of rotatable bonds is 5. The van der Waals surface area contributed by atoms with E-state index < -0.39 is 15.5 Å². The first-order valence-corrected chi connectivity index (χ1v) is 6.09. The number of anilines is 1. The van der Waals surface area contributed by atoms with Gasteiger partial charge in [0.2, 0.25) is 0 Å². The van der Waals surface area contributed by atoms with Crippen LogP contribution in [0.2, 0.25) is 5.02 Å². The minimum absolute atomic E-state index is 0.0319. The average Bonchev–Trinajstić information content (AvgIpc) is 2.33. The Labute approximate surface area is 115 Å². The topological polar surface area (TPSA) is 89.5 Å². The standard InChI is InChI=1S/C11H14ClN3O4/c1-4-13(5-2)10-8(14(16)17)6-7(3)9(12)11(10)15(18)19/h6H,4-5H2,1-3H3. The summed E-state index contributed by atoms with van der Waals surface area (Å²) in [5.74, 6) is 0. The van der Waals surface area contributed by atoms with Crippen molar-refractivity contribution in [3.05, 3.63) is 36.9 Å². The summed E-state index contributed by atoms with van der Waals surface area (Å²) in [6.45, 7) is 5.87. The van der Waals surface area contributed by atoms with Gasteiger partial charge in [-0.25, -0.2) is 0 Å². The van der Waals surface area contributed by atoms with E-state index in [4.69, 9.17) is 11.6 Å². The molecule has 0 heterocycles. The average molecular weight is 288 g/mol. The van der Waals surface area contributed by atoms with Gasteiger partial charge in [0.1, 0.15) is 5.02 Å². The molecule has 0 N–H and O–H groups in total. The third-order valence-corrected chi connectivity index (χ3v) is 3.31. The molecule has 0 bridgehead atoms. The second-order valence-corrected chi connectivity index (χ2v) is 4.29. The van der Waals surface area contributed by atoms with Gasteiger partial charge in [0, 0.05) is 19.2 Å². The summed E-state index contributed by atoms with van der Waals surface area (Å²) in [5.41, 5.74) is -0.416. The molecule has 0 saturated heterocycles. The van der Waals surface area contributed by atoms with Gasteiger partial charge < -0.3 is 4.90 Å². The smallest absolute Gasteiger partial charge is 0.318 e.